The monoisotopic (exact) mass is 479 g/mol. The summed E-state index contributed by atoms with van der Waals surface area (Å²) < 4.78 is 0. The molecule has 0 saturated carbocycles. The van der Waals surface area contributed by atoms with Crippen LogP contribution in [0.4, 0.5) is 26.7 Å². The second kappa shape index (κ2) is 12.5. The van der Waals surface area contributed by atoms with E-state index < -0.39 is 0 Å². The van der Waals surface area contributed by atoms with Gasteiger partial charge in [-0.1, -0.05) is 59.2 Å². The molecule has 3 N–H and O–H groups in total. The van der Waals surface area contributed by atoms with Crippen LogP contribution in [0, 0.1) is 0 Å². The van der Waals surface area contributed by atoms with Crippen LogP contribution >= 0.6 is 0 Å². The Morgan fingerprint density at radius 3 is 2.00 bits per heavy atom. The number of para-hydroxylation sites is 1. The van der Waals surface area contributed by atoms with Crippen molar-refractivity contribution in [2.45, 2.75) is 59.3 Å². The fourth-order valence-electron chi connectivity index (χ4n) is 4.38. The number of unbranched alkanes of at least 4 members (excludes halogenated alkanes) is 1. The van der Waals surface area contributed by atoms with Gasteiger partial charge in [-0.25, -0.2) is 9.59 Å². The molecular formula is C28H41N5O2. The number of nitrogens with one attached hydrogen (secondary N) is 3. The second-order valence-electron chi connectivity index (χ2n) is 9.81. The predicted octanol–water partition coefficient (Wildman–Crippen LogP) is 6.21. The minimum absolute atomic E-state index is 0.0309. The van der Waals surface area contributed by atoms with E-state index in [0.717, 1.165) is 60.7 Å². The molecule has 7 heteroatoms. The smallest absolute Gasteiger partial charge is 0.323 e. The minimum atomic E-state index is -0.240. The highest BCUT2D eigenvalue weighted by Gasteiger charge is 2.21. The molecule has 3 rings (SSSR count). The van der Waals surface area contributed by atoms with Crippen LogP contribution in [0.5, 0.6) is 0 Å². The van der Waals surface area contributed by atoms with Crippen LogP contribution in [0.2, 0.25) is 0 Å². The average Bonchev–Trinajstić information content (AvgIpc) is 2.84. The van der Waals surface area contributed by atoms with Crippen LogP contribution in [0.15, 0.2) is 42.5 Å². The van der Waals surface area contributed by atoms with Gasteiger partial charge in [-0.2, -0.15) is 0 Å². The van der Waals surface area contributed by atoms with Gasteiger partial charge in [0.1, 0.15) is 0 Å². The number of piperazine rings is 1. The number of hydrogen-bond donors (Lipinski definition) is 3. The molecule has 0 aliphatic carbocycles. The normalized spacial score (nSPS) is 13.8. The molecule has 4 amide bonds. The third-order valence-corrected chi connectivity index (χ3v) is 6.48. The molecule has 1 heterocycles. The first-order valence-corrected chi connectivity index (χ1v) is 12.9. The van der Waals surface area contributed by atoms with E-state index in [4.69, 9.17) is 0 Å². The molecule has 1 fully saturated rings. The number of anilines is 3. The highest BCUT2D eigenvalue weighted by atomic mass is 16.2. The quantitative estimate of drug-likeness (QED) is 0.394. The molecule has 2 aromatic carbocycles. The Bertz CT molecular complexity index is 953. The van der Waals surface area contributed by atoms with Gasteiger partial charge in [-0.3, -0.25) is 0 Å². The highest BCUT2D eigenvalue weighted by molar-refractivity contribution is 6.01. The van der Waals surface area contributed by atoms with Crippen molar-refractivity contribution in [2.75, 3.05) is 48.3 Å². The number of hydrogen-bond acceptors (Lipinski definition) is 3. The maximum atomic E-state index is 12.8. The van der Waals surface area contributed by atoms with Crippen molar-refractivity contribution < 1.29 is 9.59 Å². The van der Waals surface area contributed by atoms with Crippen molar-refractivity contribution in [2.24, 2.45) is 0 Å². The lowest BCUT2D eigenvalue weighted by molar-refractivity contribution is 0.194. The van der Waals surface area contributed by atoms with Gasteiger partial charge in [-0.15, -0.1) is 0 Å². The molecule has 1 saturated heterocycles. The van der Waals surface area contributed by atoms with E-state index in [9.17, 15) is 9.59 Å². The van der Waals surface area contributed by atoms with Crippen molar-refractivity contribution in [3.05, 3.63) is 53.6 Å². The lowest BCUT2D eigenvalue weighted by Crippen LogP contribution is -2.52. The fourth-order valence-corrected chi connectivity index (χ4v) is 4.38. The molecule has 2 aromatic rings. The van der Waals surface area contributed by atoms with Gasteiger partial charge in [-0.05, 0) is 53.6 Å². The lowest BCUT2D eigenvalue weighted by Gasteiger charge is -2.36. The maximum Gasteiger partial charge on any atom is 0.323 e. The molecule has 190 valence electrons. The van der Waals surface area contributed by atoms with Gasteiger partial charge in [0.25, 0.3) is 0 Å². The summed E-state index contributed by atoms with van der Waals surface area (Å²) in [6.45, 7) is 14.4. The SMILES string of the molecule is CCCCNC(=O)N1CCN(c2ccc(NC(=O)Nc3c(C(C)C)cccc3C(C)C)cc2)CC1. The first-order chi connectivity index (χ1) is 16.8. The molecule has 0 bridgehead atoms. The summed E-state index contributed by atoms with van der Waals surface area (Å²) in [5.41, 5.74) is 5.02. The Balaban J connectivity index is 1.56. The molecule has 1 aliphatic heterocycles. The van der Waals surface area contributed by atoms with E-state index in [-0.39, 0.29) is 12.1 Å². The zero-order valence-electron chi connectivity index (χ0n) is 21.9. The summed E-state index contributed by atoms with van der Waals surface area (Å²) in [5, 5.41) is 9.06. The molecule has 7 nitrogen and oxygen atoms in total. The highest BCUT2D eigenvalue weighted by Crippen LogP contribution is 2.32. The number of nitrogens with zero attached hydrogens (tertiary/aromatic N) is 2. The molecule has 35 heavy (non-hydrogen) atoms. The molecule has 1 aliphatic rings. The van der Waals surface area contributed by atoms with E-state index in [1.54, 1.807) is 0 Å². The van der Waals surface area contributed by atoms with Gasteiger partial charge in [0.15, 0.2) is 0 Å². The van der Waals surface area contributed by atoms with Crippen LogP contribution in [-0.2, 0) is 0 Å². The number of urea groups is 2. The Labute approximate surface area is 210 Å². The van der Waals surface area contributed by atoms with Crippen molar-refractivity contribution in [1.29, 1.82) is 0 Å². The van der Waals surface area contributed by atoms with E-state index >= 15 is 0 Å². The Hall–Kier alpha value is -3.22. The Morgan fingerprint density at radius 2 is 1.46 bits per heavy atom. The molecule has 0 aromatic heterocycles. The third kappa shape index (κ3) is 7.13. The summed E-state index contributed by atoms with van der Waals surface area (Å²) in [7, 11) is 0. The van der Waals surface area contributed by atoms with Crippen molar-refractivity contribution >= 4 is 29.1 Å². The van der Waals surface area contributed by atoms with Gasteiger partial charge in [0.05, 0.1) is 0 Å². The number of amides is 4. The molecule has 0 radical (unpaired) electrons. The Kier molecular flexibility index (Phi) is 9.40. The summed E-state index contributed by atoms with van der Waals surface area (Å²) >= 11 is 0. The van der Waals surface area contributed by atoms with Gasteiger partial charge in [0.2, 0.25) is 0 Å². The van der Waals surface area contributed by atoms with Crippen LogP contribution in [0.1, 0.15) is 70.4 Å². The van der Waals surface area contributed by atoms with Gasteiger partial charge >= 0.3 is 12.1 Å². The second-order valence-corrected chi connectivity index (χ2v) is 9.81. The molecule has 0 atom stereocenters. The zero-order chi connectivity index (χ0) is 25.4. The van der Waals surface area contributed by atoms with Crippen molar-refractivity contribution in [3.8, 4) is 0 Å². The van der Waals surface area contributed by atoms with Crippen LogP contribution in [0.3, 0.4) is 0 Å². The average molecular weight is 480 g/mol. The molecule has 0 spiro atoms. The summed E-state index contributed by atoms with van der Waals surface area (Å²) in [6.07, 6.45) is 2.08. The zero-order valence-corrected chi connectivity index (χ0v) is 21.9. The maximum absolute atomic E-state index is 12.8. The van der Waals surface area contributed by atoms with Crippen LogP contribution < -0.4 is 20.9 Å². The van der Waals surface area contributed by atoms with Crippen molar-refractivity contribution in [3.63, 3.8) is 0 Å². The first kappa shape index (κ1) is 26.4. The van der Waals surface area contributed by atoms with Gasteiger partial charge in [0, 0.05) is 49.8 Å². The fraction of sp³-hybridized carbons (Fsp3) is 0.500. The van der Waals surface area contributed by atoms with Gasteiger partial charge < -0.3 is 25.8 Å². The van der Waals surface area contributed by atoms with E-state index in [2.05, 4.69) is 73.7 Å². The van der Waals surface area contributed by atoms with Crippen molar-refractivity contribution in [1.82, 2.24) is 10.2 Å². The van der Waals surface area contributed by atoms with Crippen LogP contribution in [0.25, 0.3) is 0 Å². The number of benzene rings is 2. The number of carbonyl (C=O) groups is 2. The summed E-state index contributed by atoms with van der Waals surface area (Å²) in [5.74, 6) is 0.623. The Morgan fingerprint density at radius 1 is 0.857 bits per heavy atom. The minimum Gasteiger partial charge on any atom is -0.368 e. The number of carbonyl (C=O) groups excluding carboxylic acids is 2. The summed E-state index contributed by atoms with van der Waals surface area (Å²) in [6, 6.07) is 13.9. The van der Waals surface area contributed by atoms with E-state index in [0.29, 0.717) is 24.9 Å². The number of rotatable bonds is 8. The predicted molar refractivity (Wildman–Crippen MR) is 146 cm³/mol. The van der Waals surface area contributed by atoms with E-state index in [1.165, 1.54) is 0 Å². The first-order valence-electron chi connectivity index (χ1n) is 12.9. The van der Waals surface area contributed by atoms with E-state index in [1.807, 2.05) is 29.2 Å². The molecular weight excluding hydrogens is 438 g/mol. The van der Waals surface area contributed by atoms with Crippen LogP contribution in [-0.4, -0.2) is 49.7 Å². The third-order valence-electron chi connectivity index (χ3n) is 6.48. The lowest BCUT2D eigenvalue weighted by atomic mass is 9.93. The standard InChI is InChI=1S/C28H41N5O2/c1-6-7-15-29-28(35)33-18-16-32(17-19-33)23-13-11-22(12-14-23)30-27(34)31-26-24(20(2)3)9-8-10-25(26)21(4)5/h8-14,20-21H,6-7,15-19H2,1-5H3,(H,29,35)(H2,30,31,34). The topological polar surface area (TPSA) is 76.7 Å². The summed E-state index contributed by atoms with van der Waals surface area (Å²) in [4.78, 5) is 29.3. The largest absolute Gasteiger partial charge is 0.368 e. The molecule has 0 unspecified atom stereocenters.